The van der Waals surface area contributed by atoms with Gasteiger partial charge in [0.05, 0.1) is 5.69 Å². The fourth-order valence-corrected chi connectivity index (χ4v) is 2.43. The molecule has 0 atom stereocenters. The summed E-state index contributed by atoms with van der Waals surface area (Å²) in [7, 11) is 0. The summed E-state index contributed by atoms with van der Waals surface area (Å²) in [5, 5.41) is 3.00. The van der Waals surface area contributed by atoms with Crippen LogP contribution >= 0.6 is 11.6 Å². The van der Waals surface area contributed by atoms with E-state index in [4.69, 9.17) is 17.3 Å². The van der Waals surface area contributed by atoms with Crippen LogP contribution in [0.5, 0.6) is 0 Å². The van der Waals surface area contributed by atoms with E-state index in [1.54, 1.807) is 34.7 Å². The Balaban J connectivity index is 1.75. The average Bonchev–Trinajstić information content (AvgIpc) is 2.88. The minimum absolute atomic E-state index is 0.316. The maximum Gasteiger partial charge on any atom is 0.248 e. The van der Waals surface area contributed by atoms with Gasteiger partial charge in [-0.3, -0.25) is 14.0 Å². The highest BCUT2D eigenvalue weighted by molar-refractivity contribution is 6.31. The highest BCUT2D eigenvalue weighted by Crippen LogP contribution is 2.19. The fraction of sp³-hybridized carbons (Fsp3) is 0. The van der Waals surface area contributed by atoms with Gasteiger partial charge in [-0.05, 0) is 42.5 Å². The predicted octanol–water partition coefficient (Wildman–Crippen LogP) is 2.74. The number of anilines is 1. The molecule has 0 aliphatic heterocycles. The van der Waals surface area contributed by atoms with Crippen molar-refractivity contribution in [1.82, 2.24) is 9.38 Å². The molecule has 0 saturated heterocycles. The molecule has 2 amide bonds. The van der Waals surface area contributed by atoms with E-state index in [0.29, 0.717) is 27.7 Å². The van der Waals surface area contributed by atoms with Crippen LogP contribution in [0, 0.1) is 0 Å². The van der Waals surface area contributed by atoms with Gasteiger partial charge in [0.25, 0.3) is 0 Å². The lowest BCUT2D eigenvalue weighted by atomic mass is 10.2. The first-order valence-corrected chi connectivity index (χ1v) is 7.44. The summed E-state index contributed by atoms with van der Waals surface area (Å²) in [6, 6.07) is 11.8. The fourth-order valence-electron chi connectivity index (χ4n) is 2.19. The minimum Gasteiger partial charge on any atom is -0.366 e. The molecule has 0 saturated carbocycles. The van der Waals surface area contributed by atoms with Crippen molar-refractivity contribution in [2.24, 2.45) is 5.73 Å². The Hall–Kier alpha value is -3.12. The summed E-state index contributed by atoms with van der Waals surface area (Å²) in [5.41, 5.74) is 7.41. The van der Waals surface area contributed by atoms with Gasteiger partial charge in [-0.1, -0.05) is 17.7 Å². The molecule has 2 aromatic heterocycles. The van der Waals surface area contributed by atoms with E-state index >= 15 is 0 Å². The Morgan fingerprint density at radius 1 is 1.17 bits per heavy atom. The quantitative estimate of drug-likeness (QED) is 0.715. The molecule has 0 radical (unpaired) electrons. The van der Waals surface area contributed by atoms with Crippen LogP contribution < -0.4 is 11.1 Å². The number of nitrogens with two attached hydrogens (primary N) is 1. The van der Waals surface area contributed by atoms with E-state index in [0.717, 1.165) is 0 Å². The third-order valence-corrected chi connectivity index (χ3v) is 3.63. The van der Waals surface area contributed by atoms with Crippen LogP contribution in [0.15, 0.2) is 54.7 Å². The van der Waals surface area contributed by atoms with Gasteiger partial charge in [-0.2, -0.15) is 0 Å². The molecule has 1 aromatic carbocycles. The number of primary amides is 1. The number of pyridine rings is 1. The second kappa shape index (κ2) is 6.55. The number of hydrogen-bond donors (Lipinski definition) is 2. The van der Waals surface area contributed by atoms with Crippen molar-refractivity contribution in [2.45, 2.75) is 0 Å². The van der Waals surface area contributed by atoms with E-state index in [2.05, 4.69) is 10.3 Å². The van der Waals surface area contributed by atoms with Gasteiger partial charge in [0.2, 0.25) is 11.8 Å². The molecule has 7 heteroatoms. The second-order valence-electron chi connectivity index (χ2n) is 4.98. The maximum atomic E-state index is 12.0. The molecule has 0 spiro atoms. The van der Waals surface area contributed by atoms with Crippen molar-refractivity contribution < 1.29 is 9.59 Å². The lowest BCUT2D eigenvalue weighted by Gasteiger charge is -2.02. The molecular formula is C17H13ClN4O2. The lowest BCUT2D eigenvalue weighted by molar-refractivity contribution is -0.111. The Kier molecular flexibility index (Phi) is 4.31. The van der Waals surface area contributed by atoms with Gasteiger partial charge >= 0.3 is 0 Å². The zero-order valence-corrected chi connectivity index (χ0v) is 13.2. The monoisotopic (exact) mass is 340 g/mol. The average molecular weight is 341 g/mol. The number of benzene rings is 1. The zero-order chi connectivity index (χ0) is 17.1. The van der Waals surface area contributed by atoms with E-state index in [1.807, 2.05) is 24.4 Å². The van der Waals surface area contributed by atoms with Crippen molar-refractivity contribution in [3.05, 3.63) is 71.1 Å². The van der Waals surface area contributed by atoms with Gasteiger partial charge in [0.15, 0.2) is 5.15 Å². The van der Waals surface area contributed by atoms with E-state index in [-0.39, 0.29) is 5.91 Å². The number of nitrogens with one attached hydrogen (secondary N) is 1. The number of carbonyl (C=O) groups is 2. The summed E-state index contributed by atoms with van der Waals surface area (Å²) in [5.74, 6) is -0.848. The molecule has 0 fully saturated rings. The van der Waals surface area contributed by atoms with Crippen LogP contribution in [0.4, 0.5) is 5.69 Å². The number of nitrogens with zero attached hydrogens (tertiary/aromatic N) is 2. The molecular weight excluding hydrogens is 328 g/mol. The van der Waals surface area contributed by atoms with Crippen molar-refractivity contribution in [3.8, 4) is 0 Å². The minimum atomic E-state index is -0.518. The zero-order valence-electron chi connectivity index (χ0n) is 12.4. The molecule has 3 aromatic rings. The Morgan fingerprint density at radius 3 is 2.62 bits per heavy atom. The molecule has 6 nitrogen and oxygen atoms in total. The van der Waals surface area contributed by atoms with Crippen LogP contribution in [0.3, 0.4) is 0 Å². The molecule has 3 rings (SSSR count). The number of halogens is 1. The molecule has 120 valence electrons. The number of hydrogen-bond acceptors (Lipinski definition) is 3. The van der Waals surface area contributed by atoms with Gasteiger partial charge in [0, 0.05) is 23.5 Å². The highest BCUT2D eigenvalue weighted by Gasteiger charge is 2.07. The van der Waals surface area contributed by atoms with Gasteiger partial charge in [0.1, 0.15) is 5.65 Å². The molecule has 0 aliphatic rings. The summed E-state index contributed by atoms with van der Waals surface area (Å²) < 4.78 is 1.79. The van der Waals surface area contributed by atoms with E-state index in [1.165, 1.54) is 6.08 Å². The van der Waals surface area contributed by atoms with Crippen LogP contribution in [0.1, 0.15) is 16.1 Å². The van der Waals surface area contributed by atoms with Crippen molar-refractivity contribution >= 4 is 40.8 Å². The topological polar surface area (TPSA) is 89.5 Å². The maximum absolute atomic E-state index is 12.0. The Labute approximate surface area is 142 Å². The van der Waals surface area contributed by atoms with Gasteiger partial charge < -0.3 is 11.1 Å². The molecule has 2 heterocycles. The van der Waals surface area contributed by atoms with Crippen molar-refractivity contribution in [2.75, 3.05) is 5.32 Å². The van der Waals surface area contributed by atoms with Crippen LogP contribution in [0.2, 0.25) is 5.15 Å². The Bertz CT molecular complexity index is 945. The SMILES string of the molecule is NC(=O)c1ccc(NC(=O)/C=C/c2c(Cl)nc3ccccn23)cc1. The summed E-state index contributed by atoms with van der Waals surface area (Å²) >= 11 is 6.10. The first-order valence-electron chi connectivity index (χ1n) is 7.06. The van der Waals surface area contributed by atoms with Crippen LogP contribution in [0.25, 0.3) is 11.7 Å². The van der Waals surface area contributed by atoms with Crippen LogP contribution in [-0.4, -0.2) is 21.2 Å². The summed E-state index contributed by atoms with van der Waals surface area (Å²) in [6.07, 6.45) is 4.77. The van der Waals surface area contributed by atoms with Gasteiger partial charge in [-0.15, -0.1) is 0 Å². The lowest BCUT2D eigenvalue weighted by Crippen LogP contribution is -2.11. The number of aromatic nitrogens is 2. The first kappa shape index (κ1) is 15.8. The standard InChI is InChI=1S/C17H13ClN4O2/c18-16-13(22-10-2-1-3-14(22)21-16)8-9-15(23)20-12-6-4-11(5-7-12)17(19)24/h1-10H,(H2,19,24)(H,20,23)/b9-8+. The smallest absolute Gasteiger partial charge is 0.248 e. The van der Waals surface area contributed by atoms with Gasteiger partial charge in [-0.25, -0.2) is 4.98 Å². The van der Waals surface area contributed by atoms with Crippen molar-refractivity contribution in [1.29, 1.82) is 0 Å². The Morgan fingerprint density at radius 2 is 1.92 bits per heavy atom. The second-order valence-corrected chi connectivity index (χ2v) is 5.34. The third-order valence-electron chi connectivity index (χ3n) is 3.35. The molecule has 3 N–H and O–H groups in total. The van der Waals surface area contributed by atoms with Crippen LogP contribution in [-0.2, 0) is 4.79 Å². The molecule has 0 bridgehead atoms. The molecule has 0 unspecified atom stereocenters. The van der Waals surface area contributed by atoms with E-state index in [9.17, 15) is 9.59 Å². The number of fused-ring (bicyclic) bond motifs is 1. The van der Waals surface area contributed by atoms with E-state index < -0.39 is 5.91 Å². The number of carbonyl (C=O) groups excluding carboxylic acids is 2. The molecule has 24 heavy (non-hydrogen) atoms. The third kappa shape index (κ3) is 3.28. The number of rotatable bonds is 4. The summed E-state index contributed by atoms with van der Waals surface area (Å²) in [4.78, 5) is 27.2. The predicted molar refractivity (Wildman–Crippen MR) is 92.8 cm³/mol. The normalized spacial score (nSPS) is 11.0. The number of imidazole rings is 1. The summed E-state index contributed by atoms with van der Waals surface area (Å²) in [6.45, 7) is 0. The number of amides is 2. The highest BCUT2D eigenvalue weighted by atomic mass is 35.5. The first-order chi connectivity index (χ1) is 11.5. The largest absolute Gasteiger partial charge is 0.366 e. The molecule has 0 aliphatic carbocycles. The van der Waals surface area contributed by atoms with Crippen molar-refractivity contribution in [3.63, 3.8) is 0 Å².